The first-order valence-corrected chi connectivity index (χ1v) is 14.0. The number of unbranched alkanes of at least 4 members (excludes halogenated alkanes) is 3. The van der Waals surface area contributed by atoms with Crippen molar-refractivity contribution >= 4 is 31.7 Å². The van der Waals surface area contributed by atoms with Crippen LogP contribution >= 0.6 is 0 Å². The Morgan fingerprint density at radius 3 is 2.32 bits per heavy atom. The number of pyridine rings is 1. The smallest absolute Gasteiger partial charge is 0.256 e. The molecule has 34 heavy (non-hydrogen) atoms. The lowest BCUT2D eigenvalue weighted by atomic mass is 10.1. The molecular formula is C27H40N2O4S. The molecule has 0 saturated carbocycles. The van der Waals surface area contributed by atoms with E-state index < -0.39 is 10.0 Å². The van der Waals surface area contributed by atoms with E-state index in [9.17, 15) is 13.2 Å². The molecule has 2 N–H and O–H groups in total. The van der Waals surface area contributed by atoms with Crippen LogP contribution in [0.15, 0.2) is 40.0 Å². The number of H-pyrrole nitrogens is 1. The minimum Gasteiger partial charge on any atom is -0.396 e. The van der Waals surface area contributed by atoms with Gasteiger partial charge in [-0.2, -0.15) is 4.31 Å². The molecule has 1 aliphatic rings. The van der Waals surface area contributed by atoms with Crippen molar-refractivity contribution < 1.29 is 13.5 Å². The first kappa shape index (κ1) is 28.0. The van der Waals surface area contributed by atoms with E-state index in [1.165, 1.54) is 23.6 Å². The number of benzene rings is 2. The van der Waals surface area contributed by atoms with Crippen molar-refractivity contribution in [3.63, 3.8) is 0 Å². The summed E-state index contributed by atoms with van der Waals surface area (Å²) in [6.07, 6.45) is 5.99. The number of aliphatic hydroxyl groups excluding tert-OH is 1. The highest BCUT2D eigenvalue weighted by molar-refractivity contribution is 7.89. The summed E-state index contributed by atoms with van der Waals surface area (Å²) in [5.74, 6) is 0. The summed E-state index contributed by atoms with van der Waals surface area (Å²) in [5.41, 5.74) is 2.39. The zero-order valence-corrected chi connectivity index (χ0v) is 22.1. The number of hydrogen-bond donors (Lipinski definition) is 2. The van der Waals surface area contributed by atoms with Gasteiger partial charge in [-0.15, -0.1) is 0 Å². The maximum absolute atomic E-state index is 13.2. The molecule has 3 aromatic rings. The number of nitrogens with zero attached hydrogens (tertiary/aromatic N) is 1. The molecule has 0 saturated heterocycles. The van der Waals surface area contributed by atoms with Gasteiger partial charge in [-0.3, -0.25) is 4.79 Å². The van der Waals surface area contributed by atoms with Crippen LogP contribution in [0.25, 0.3) is 21.7 Å². The van der Waals surface area contributed by atoms with E-state index in [-0.39, 0.29) is 5.56 Å². The van der Waals surface area contributed by atoms with Gasteiger partial charge in [0.15, 0.2) is 0 Å². The average molecular weight is 489 g/mol. The molecule has 6 nitrogen and oxygen atoms in total. The summed E-state index contributed by atoms with van der Waals surface area (Å²) in [6, 6.07) is 8.98. The molecule has 2 aromatic carbocycles. The van der Waals surface area contributed by atoms with Crippen molar-refractivity contribution in [1.29, 1.82) is 0 Å². The van der Waals surface area contributed by atoms with E-state index in [1.54, 1.807) is 18.2 Å². The fraction of sp³-hybridized carbons (Fsp3) is 0.519. The molecule has 0 bridgehead atoms. The van der Waals surface area contributed by atoms with E-state index in [0.717, 1.165) is 34.7 Å². The molecule has 1 aliphatic carbocycles. The predicted molar refractivity (Wildman–Crippen MR) is 142 cm³/mol. The molecule has 0 unspecified atom stereocenters. The van der Waals surface area contributed by atoms with Crippen LogP contribution in [0.5, 0.6) is 0 Å². The van der Waals surface area contributed by atoms with Crippen molar-refractivity contribution in [3.05, 3.63) is 51.8 Å². The highest BCUT2D eigenvalue weighted by atomic mass is 32.2. The maximum Gasteiger partial charge on any atom is 0.256 e. The number of aromatic nitrogens is 1. The summed E-state index contributed by atoms with van der Waals surface area (Å²) in [6.45, 7) is 11.3. The fourth-order valence-corrected chi connectivity index (χ4v) is 6.19. The zero-order chi connectivity index (χ0) is 25.3. The lowest BCUT2D eigenvalue weighted by molar-refractivity contribution is 0.283. The molecule has 1 aromatic heterocycles. The second-order valence-corrected chi connectivity index (χ2v) is 10.1. The van der Waals surface area contributed by atoms with Crippen LogP contribution in [0.2, 0.25) is 0 Å². The van der Waals surface area contributed by atoms with Gasteiger partial charge in [-0.1, -0.05) is 66.0 Å². The van der Waals surface area contributed by atoms with Crippen LogP contribution in [-0.4, -0.2) is 42.5 Å². The van der Waals surface area contributed by atoms with Crippen LogP contribution in [0.4, 0.5) is 0 Å². The van der Waals surface area contributed by atoms with E-state index >= 15 is 0 Å². The SMILES string of the molecule is CC.CCCCCCO.CCCN(CC)S(=O)(=O)c1ccc2[nH]c(=O)c3cccc4c3c2c1C4. The lowest BCUT2D eigenvalue weighted by Crippen LogP contribution is -2.32. The van der Waals surface area contributed by atoms with Gasteiger partial charge < -0.3 is 10.1 Å². The van der Waals surface area contributed by atoms with E-state index in [0.29, 0.717) is 41.9 Å². The normalized spacial score (nSPS) is 12.1. The third kappa shape index (κ3) is 5.70. The number of aliphatic hydroxyl groups is 1. The molecule has 1 heterocycles. The first-order valence-electron chi connectivity index (χ1n) is 12.6. The van der Waals surface area contributed by atoms with Gasteiger partial charge in [0.25, 0.3) is 5.56 Å². The number of sulfonamides is 1. The molecular weight excluding hydrogens is 448 g/mol. The Labute approximate surface area is 204 Å². The third-order valence-corrected chi connectivity index (χ3v) is 8.04. The monoisotopic (exact) mass is 488 g/mol. The Balaban J connectivity index is 0.000000393. The lowest BCUT2D eigenvalue weighted by Gasteiger charge is -2.21. The quantitative estimate of drug-likeness (QED) is 0.237. The minimum atomic E-state index is -3.55. The van der Waals surface area contributed by atoms with Crippen molar-refractivity contribution in [3.8, 4) is 0 Å². The average Bonchev–Trinajstić information content (AvgIpc) is 3.24. The Morgan fingerprint density at radius 2 is 1.71 bits per heavy atom. The molecule has 188 valence electrons. The highest BCUT2D eigenvalue weighted by Gasteiger charge is 2.30. The van der Waals surface area contributed by atoms with E-state index in [4.69, 9.17) is 5.11 Å². The molecule has 0 fully saturated rings. The Morgan fingerprint density at radius 1 is 0.971 bits per heavy atom. The van der Waals surface area contributed by atoms with E-state index in [1.807, 2.05) is 39.8 Å². The van der Waals surface area contributed by atoms with E-state index in [2.05, 4.69) is 11.9 Å². The van der Waals surface area contributed by atoms with Crippen LogP contribution in [0.3, 0.4) is 0 Å². The fourth-order valence-electron chi connectivity index (χ4n) is 4.42. The Hall–Kier alpha value is -2.22. The van der Waals surface area contributed by atoms with Gasteiger partial charge in [0, 0.05) is 47.8 Å². The topological polar surface area (TPSA) is 90.5 Å². The number of nitrogens with one attached hydrogen (secondary N) is 1. The predicted octanol–water partition coefficient (Wildman–Crippen LogP) is 5.59. The second-order valence-electron chi connectivity index (χ2n) is 8.22. The largest absolute Gasteiger partial charge is 0.396 e. The summed E-state index contributed by atoms with van der Waals surface area (Å²) in [4.78, 5) is 15.6. The van der Waals surface area contributed by atoms with Gasteiger partial charge in [0.1, 0.15) is 0 Å². The van der Waals surface area contributed by atoms with Crippen LogP contribution in [0, 0.1) is 0 Å². The zero-order valence-electron chi connectivity index (χ0n) is 21.3. The first-order chi connectivity index (χ1) is 16.4. The van der Waals surface area contributed by atoms with Crippen molar-refractivity contribution in [2.45, 2.75) is 78.0 Å². The standard InChI is InChI=1S/C19H20N2O3S.C6H14O.C2H6/c1-3-10-21(4-2)25(23,24)16-9-8-15-18-14(16)11-12-6-5-7-13(17(12)18)19(22)20-15;1-2-3-4-5-6-7;1-2/h5-9H,3-4,10-11H2,1-2H3,(H,20,22);7H,2-6H2,1H3;1-2H3. The number of rotatable bonds is 9. The minimum absolute atomic E-state index is 0.131. The maximum atomic E-state index is 13.2. The van der Waals surface area contributed by atoms with Gasteiger partial charge >= 0.3 is 0 Å². The van der Waals surface area contributed by atoms with Crippen molar-refractivity contribution in [2.75, 3.05) is 19.7 Å². The molecule has 0 atom stereocenters. The van der Waals surface area contributed by atoms with Crippen molar-refractivity contribution in [1.82, 2.24) is 9.29 Å². The molecule has 4 rings (SSSR count). The van der Waals surface area contributed by atoms with Gasteiger partial charge in [-0.25, -0.2) is 8.42 Å². The summed E-state index contributed by atoms with van der Waals surface area (Å²) >= 11 is 0. The van der Waals surface area contributed by atoms with Crippen LogP contribution < -0.4 is 5.56 Å². The number of aromatic amines is 1. The van der Waals surface area contributed by atoms with Gasteiger partial charge in [0.2, 0.25) is 10.0 Å². The van der Waals surface area contributed by atoms with Crippen LogP contribution in [0.1, 0.15) is 77.8 Å². The summed E-state index contributed by atoms with van der Waals surface area (Å²) in [5, 5.41) is 10.7. The molecule has 0 aliphatic heterocycles. The van der Waals surface area contributed by atoms with Gasteiger partial charge in [0.05, 0.1) is 4.90 Å². The third-order valence-electron chi connectivity index (χ3n) is 5.99. The number of hydrogen-bond acceptors (Lipinski definition) is 4. The molecule has 7 heteroatoms. The molecule has 0 radical (unpaired) electrons. The van der Waals surface area contributed by atoms with Crippen LogP contribution in [-0.2, 0) is 16.4 Å². The van der Waals surface area contributed by atoms with Gasteiger partial charge in [-0.05, 0) is 42.2 Å². The summed E-state index contributed by atoms with van der Waals surface area (Å²) in [7, 11) is -3.55. The molecule has 0 spiro atoms. The summed E-state index contributed by atoms with van der Waals surface area (Å²) < 4.78 is 27.9. The molecule has 0 amide bonds. The van der Waals surface area contributed by atoms with Crippen molar-refractivity contribution in [2.24, 2.45) is 0 Å². The Bertz CT molecular complexity index is 1240. The second kappa shape index (κ2) is 13.0. The Kier molecular flexibility index (Phi) is 10.7. The highest BCUT2D eigenvalue weighted by Crippen LogP contribution is 2.39.